The Labute approximate surface area is 75.2 Å². The van der Waals surface area contributed by atoms with Crippen molar-refractivity contribution in [3.05, 3.63) is 12.4 Å². The van der Waals surface area contributed by atoms with E-state index in [1.54, 1.807) is 13.2 Å². The van der Waals surface area contributed by atoms with Gasteiger partial charge in [0.05, 0.1) is 18.8 Å². The molecular formula is C7H10N6. The quantitative estimate of drug-likeness (QED) is 0.654. The Balaban J connectivity index is 2.35. The Hall–Kier alpha value is -1.72. The third-order valence-corrected chi connectivity index (χ3v) is 1.72. The van der Waals surface area contributed by atoms with Gasteiger partial charge in [-0.25, -0.2) is 0 Å². The van der Waals surface area contributed by atoms with Gasteiger partial charge in [-0.05, 0) is 12.1 Å². The zero-order valence-electron chi connectivity index (χ0n) is 7.55. The lowest BCUT2D eigenvalue weighted by molar-refractivity contribution is 0.630. The van der Waals surface area contributed by atoms with Crippen molar-refractivity contribution in [2.24, 2.45) is 7.05 Å². The standard InChI is InChI=1S/C7H10N6/c1-3-13-5-6(4-8-13)7-9-11-12(2)10-7/h4-5H,3H2,1-2H3. The van der Waals surface area contributed by atoms with Crippen LogP contribution < -0.4 is 0 Å². The second-order valence-electron chi connectivity index (χ2n) is 2.69. The van der Waals surface area contributed by atoms with Crippen LogP contribution in [0, 0.1) is 0 Å². The van der Waals surface area contributed by atoms with Crippen molar-refractivity contribution in [2.45, 2.75) is 13.5 Å². The molecule has 0 aliphatic rings. The molecule has 0 aromatic carbocycles. The Morgan fingerprint density at radius 2 is 2.31 bits per heavy atom. The van der Waals surface area contributed by atoms with Crippen LogP contribution in [0.15, 0.2) is 12.4 Å². The minimum Gasteiger partial charge on any atom is -0.272 e. The van der Waals surface area contributed by atoms with E-state index >= 15 is 0 Å². The summed E-state index contributed by atoms with van der Waals surface area (Å²) in [5.41, 5.74) is 0.898. The largest absolute Gasteiger partial charge is 0.272 e. The molecule has 0 fully saturated rings. The second-order valence-corrected chi connectivity index (χ2v) is 2.69. The minimum atomic E-state index is 0.613. The zero-order valence-corrected chi connectivity index (χ0v) is 7.55. The first kappa shape index (κ1) is 7.90. The highest BCUT2D eigenvalue weighted by atomic mass is 15.6. The molecule has 6 heteroatoms. The van der Waals surface area contributed by atoms with E-state index in [0.717, 1.165) is 12.1 Å². The van der Waals surface area contributed by atoms with Crippen molar-refractivity contribution in [1.29, 1.82) is 0 Å². The second kappa shape index (κ2) is 2.96. The smallest absolute Gasteiger partial charge is 0.208 e. The summed E-state index contributed by atoms with van der Waals surface area (Å²) in [5, 5.41) is 15.8. The Bertz CT molecular complexity index is 401. The predicted molar refractivity (Wildman–Crippen MR) is 45.7 cm³/mol. The van der Waals surface area contributed by atoms with Gasteiger partial charge in [0.2, 0.25) is 5.82 Å². The summed E-state index contributed by atoms with van der Waals surface area (Å²) in [7, 11) is 1.74. The van der Waals surface area contributed by atoms with Gasteiger partial charge in [0.1, 0.15) is 0 Å². The molecule has 0 saturated carbocycles. The van der Waals surface area contributed by atoms with E-state index in [1.807, 2.05) is 17.8 Å². The van der Waals surface area contributed by atoms with Crippen molar-refractivity contribution in [3.8, 4) is 11.4 Å². The van der Waals surface area contributed by atoms with Crippen molar-refractivity contribution in [2.75, 3.05) is 0 Å². The van der Waals surface area contributed by atoms with Crippen molar-refractivity contribution >= 4 is 0 Å². The molecule has 0 saturated heterocycles. The monoisotopic (exact) mass is 178 g/mol. The van der Waals surface area contributed by atoms with Gasteiger partial charge in [-0.1, -0.05) is 0 Å². The van der Waals surface area contributed by atoms with E-state index in [9.17, 15) is 0 Å². The molecule has 0 spiro atoms. The van der Waals surface area contributed by atoms with Crippen molar-refractivity contribution in [3.63, 3.8) is 0 Å². The van der Waals surface area contributed by atoms with Crippen LogP contribution in [0.5, 0.6) is 0 Å². The molecule has 2 heterocycles. The van der Waals surface area contributed by atoms with Crippen LogP contribution >= 0.6 is 0 Å². The fourth-order valence-electron chi connectivity index (χ4n) is 1.05. The van der Waals surface area contributed by atoms with Gasteiger partial charge in [0, 0.05) is 12.7 Å². The molecule has 0 aliphatic heterocycles. The molecule has 2 aromatic heterocycles. The lowest BCUT2D eigenvalue weighted by Crippen LogP contribution is -1.92. The fourth-order valence-corrected chi connectivity index (χ4v) is 1.05. The van der Waals surface area contributed by atoms with Crippen LogP contribution in [0.1, 0.15) is 6.92 Å². The number of aryl methyl sites for hydroxylation is 2. The lowest BCUT2D eigenvalue weighted by Gasteiger charge is -1.89. The van der Waals surface area contributed by atoms with Crippen LogP contribution in [0.3, 0.4) is 0 Å². The van der Waals surface area contributed by atoms with Crippen molar-refractivity contribution < 1.29 is 0 Å². The molecule has 2 rings (SSSR count). The van der Waals surface area contributed by atoms with Gasteiger partial charge in [0.15, 0.2) is 0 Å². The highest BCUT2D eigenvalue weighted by molar-refractivity contribution is 5.50. The Morgan fingerprint density at radius 1 is 1.46 bits per heavy atom. The van der Waals surface area contributed by atoms with Crippen LogP contribution in [0.2, 0.25) is 0 Å². The van der Waals surface area contributed by atoms with E-state index < -0.39 is 0 Å². The first-order valence-electron chi connectivity index (χ1n) is 4.06. The molecule has 68 valence electrons. The third kappa shape index (κ3) is 1.42. The van der Waals surface area contributed by atoms with Gasteiger partial charge in [-0.2, -0.15) is 9.90 Å². The first-order chi connectivity index (χ1) is 6.29. The number of tetrazole rings is 1. The zero-order chi connectivity index (χ0) is 9.26. The van der Waals surface area contributed by atoms with Gasteiger partial charge in [-0.3, -0.25) is 4.68 Å². The van der Waals surface area contributed by atoms with Crippen LogP contribution in [-0.4, -0.2) is 30.0 Å². The molecule has 0 amide bonds. The number of rotatable bonds is 2. The molecular weight excluding hydrogens is 168 g/mol. The number of hydrogen-bond donors (Lipinski definition) is 0. The Kier molecular flexibility index (Phi) is 1.80. The molecule has 2 aromatic rings. The highest BCUT2D eigenvalue weighted by Crippen LogP contribution is 2.10. The van der Waals surface area contributed by atoms with Gasteiger partial charge in [-0.15, -0.1) is 10.2 Å². The van der Waals surface area contributed by atoms with E-state index in [1.165, 1.54) is 4.80 Å². The maximum atomic E-state index is 4.12. The van der Waals surface area contributed by atoms with Gasteiger partial charge >= 0.3 is 0 Å². The molecule has 0 radical (unpaired) electrons. The minimum absolute atomic E-state index is 0.613. The first-order valence-corrected chi connectivity index (χ1v) is 4.06. The lowest BCUT2D eigenvalue weighted by atomic mass is 10.3. The predicted octanol–water partition coefficient (Wildman–Crippen LogP) is 0.0935. The number of hydrogen-bond acceptors (Lipinski definition) is 4. The van der Waals surface area contributed by atoms with E-state index in [2.05, 4.69) is 20.5 Å². The van der Waals surface area contributed by atoms with Crippen LogP contribution in [0.4, 0.5) is 0 Å². The highest BCUT2D eigenvalue weighted by Gasteiger charge is 2.05. The van der Waals surface area contributed by atoms with Gasteiger partial charge < -0.3 is 0 Å². The topological polar surface area (TPSA) is 61.4 Å². The van der Waals surface area contributed by atoms with Crippen LogP contribution in [-0.2, 0) is 13.6 Å². The summed E-state index contributed by atoms with van der Waals surface area (Å²) >= 11 is 0. The molecule has 0 atom stereocenters. The number of aromatic nitrogens is 6. The van der Waals surface area contributed by atoms with Crippen molar-refractivity contribution in [1.82, 2.24) is 30.0 Å². The summed E-state index contributed by atoms with van der Waals surface area (Å²) in [5.74, 6) is 0.613. The third-order valence-electron chi connectivity index (χ3n) is 1.72. The van der Waals surface area contributed by atoms with E-state index in [-0.39, 0.29) is 0 Å². The molecule has 0 bridgehead atoms. The average Bonchev–Trinajstić information content (AvgIpc) is 2.71. The normalized spacial score (nSPS) is 10.6. The maximum absolute atomic E-state index is 4.12. The molecule has 13 heavy (non-hydrogen) atoms. The maximum Gasteiger partial charge on any atom is 0.208 e. The average molecular weight is 178 g/mol. The molecule has 6 nitrogen and oxygen atoms in total. The summed E-state index contributed by atoms with van der Waals surface area (Å²) in [6.45, 7) is 2.88. The van der Waals surface area contributed by atoms with Crippen LogP contribution in [0.25, 0.3) is 11.4 Å². The molecule has 0 unspecified atom stereocenters. The van der Waals surface area contributed by atoms with E-state index in [0.29, 0.717) is 5.82 Å². The summed E-state index contributed by atoms with van der Waals surface area (Å²) < 4.78 is 1.83. The van der Waals surface area contributed by atoms with Gasteiger partial charge in [0.25, 0.3) is 0 Å². The van der Waals surface area contributed by atoms with E-state index in [4.69, 9.17) is 0 Å². The molecule has 0 aliphatic carbocycles. The fraction of sp³-hybridized carbons (Fsp3) is 0.429. The summed E-state index contributed by atoms with van der Waals surface area (Å²) in [6.07, 6.45) is 3.64. The Morgan fingerprint density at radius 3 is 2.85 bits per heavy atom. The molecule has 0 N–H and O–H groups in total. The number of nitrogens with zero attached hydrogens (tertiary/aromatic N) is 6. The SMILES string of the molecule is CCn1cc(-c2nnn(C)n2)cn1. The summed E-state index contributed by atoms with van der Waals surface area (Å²) in [6, 6.07) is 0. The summed E-state index contributed by atoms with van der Waals surface area (Å²) in [4.78, 5) is 1.43.